The van der Waals surface area contributed by atoms with Crippen LogP contribution >= 0.6 is 11.6 Å². The summed E-state index contributed by atoms with van der Waals surface area (Å²) in [7, 11) is -4.06. The average Bonchev–Trinajstić information content (AvgIpc) is 2.97. The van der Waals surface area contributed by atoms with Crippen LogP contribution in [0.15, 0.2) is 51.8 Å². The lowest BCUT2D eigenvalue weighted by Crippen LogP contribution is -2.30. The van der Waals surface area contributed by atoms with E-state index in [0.29, 0.717) is 21.5 Å². The van der Waals surface area contributed by atoms with E-state index in [-0.39, 0.29) is 16.2 Å². The van der Waals surface area contributed by atoms with E-state index in [1.54, 1.807) is 12.1 Å². The highest BCUT2D eigenvalue weighted by molar-refractivity contribution is 7.89. The van der Waals surface area contributed by atoms with Crippen LogP contribution in [0, 0.1) is 6.92 Å². The molecule has 6 nitrogen and oxygen atoms in total. The van der Waals surface area contributed by atoms with E-state index in [0.717, 1.165) is 0 Å². The number of hydrogen-bond acceptors (Lipinski definition) is 4. The maximum atomic E-state index is 13.5. The lowest BCUT2D eigenvalue weighted by atomic mass is 10.1. The molecule has 0 fully saturated rings. The molecule has 3 aromatic rings. The Morgan fingerprint density at radius 3 is 2.52 bits per heavy atom. The van der Waals surface area contributed by atoms with E-state index in [1.165, 1.54) is 37.3 Å². The zero-order valence-electron chi connectivity index (χ0n) is 14.1. The SMILES string of the molecule is Cc1c(C(=O)O)oc2ccc(S(=O)(=O)NC(CF)c3ccc(Cl)cc3)cc12. The largest absolute Gasteiger partial charge is 0.475 e. The van der Waals surface area contributed by atoms with Crippen molar-refractivity contribution in [3.8, 4) is 0 Å². The van der Waals surface area contributed by atoms with Gasteiger partial charge in [0, 0.05) is 16.0 Å². The molecule has 1 heterocycles. The Balaban J connectivity index is 1.97. The summed E-state index contributed by atoms with van der Waals surface area (Å²) >= 11 is 5.80. The molecular weight excluding hydrogens is 397 g/mol. The summed E-state index contributed by atoms with van der Waals surface area (Å²) in [6, 6.07) is 9.04. The first-order valence-electron chi connectivity index (χ1n) is 7.83. The Hall–Kier alpha value is -2.42. The summed E-state index contributed by atoms with van der Waals surface area (Å²) < 4.78 is 46.4. The average molecular weight is 412 g/mol. The van der Waals surface area contributed by atoms with Gasteiger partial charge in [-0.05, 0) is 42.8 Å². The Kier molecular flexibility index (Phi) is 5.23. The molecule has 1 atom stereocenters. The number of rotatable bonds is 6. The van der Waals surface area contributed by atoms with Crippen LogP contribution in [0.2, 0.25) is 5.02 Å². The minimum absolute atomic E-state index is 0.122. The van der Waals surface area contributed by atoms with Crippen LogP contribution in [-0.4, -0.2) is 26.2 Å². The molecule has 0 saturated heterocycles. The number of fused-ring (bicyclic) bond motifs is 1. The number of carboxylic acids is 1. The molecule has 2 N–H and O–H groups in total. The Morgan fingerprint density at radius 1 is 1.26 bits per heavy atom. The molecule has 0 aliphatic heterocycles. The molecule has 9 heteroatoms. The minimum atomic E-state index is -4.06. The van der Waals surface area contributed by atoms with Gasteiger partial charge in [-0.3, -0.25) is 0 Å². The summed E-state index contributed by atoms with van der Waals surface area (Å²) in [6.45, 7) is 0.578. The first-order valence-corrected chi connectivity index (χ1v) is 9.69. The van der Waals surface area contributed by atoms with Crippen LogP contribution in [0.5, 0.6) is 0 Å². The second-order valence-corrected chi connectivity index (χ2v) is 8.05. The second kappa shape index (κ2) is 7.30. The summed E-state index contributed by atoms with van der Waals surface area (Å²) in [6.07, 6.45) is 0. The Labute approximate surface area is 159 Å². The van der Waals surface area contributed by atoms with E-state index in [4.69, 9.17) is 21.1 Å². The number of furan rings is 1. The Bertz CT molecular complexity index is 1110. The molecule has 0 spiro atoms. The fourth-order valence-electron chi connectivity index (χ4n) is 2.71. The van der Waals surface area contributed by atoms with Crippen LogP contribution in [0.25, 0.3) is 11.0 Å². The van der Waals surface area contributed by atoms with Gasteiger partial charge in [0.15, 0.2) is 0 Å². The van der Waals surface area contributed by atoms with E-state index in [9.17, 15) is 17.6 Å². The van der Waals surface area contributed by atoms with Crippen molar-refractivity contribution in [3.63, 3.8) is 0 Å². The van der Waals surface area contributed by atoms with E-state index in [1.807, 2.05) is 0 Å². The van der Waals surface area contributed by atoms with Crippen LogP contribution in [0.4, 0.5) is 4.39 Å². The van der Waals surface area contributed by atoms with E-state index < -0.39 is 28.7 Å². The number of benzene rings is 2. The highest BCUT2D eigenvalue weighted by Gasteiger charge is 2.24. The second-order valence-electron chi connectivity index (χ2n) is 5.90. The van der Waals surface area contributed by atoms with Crippen LogP contribution in [0.3, 0.4) is 0 Å². The zero-order chi connectivity index (χ0) is 19.8. The van der Waals surface area contributed by atoms with Gasteiger partial charge in [-0.15, -0.1) is 0 Å². The van der Waals surface area contributed by atoms with Crippen molar-refractivity contribution in [1.29, 1.82) is 0 Å². The number of alkyl halides is 1. The molecule has 0 radical (unpaired) electrons. The number of sulfonamides is 1. The number of halogens is 2. The number of aromatic carboxylic acids is 1. The third-order valence-corrected chi connectivity index (χ3v) is 5.86. The number of aryl methyl sites for hydroxylation is 1. The maximum absolute atomic E-state index is 13.5. The van der Waals surface area contributed by atoms with Crippen molar-refractivity contribution in [3.05, 3.63) is 64.4 Å². The molecule has 0 saturated carbocycles. The molecular formula is C18H15ClFNO5S. The maximum Gasteiger partial charge on any atom is 0.372 e. The molecule has 0 aliphatic carbocycles. The molecule has 0 aliphatic rings. The summed E-state index contributed by atoms with van der Waals surface area (Å²) in [4.78, 5) is 11.0. The molecule has 3 rings (SSSR count). The highest BCUT2D eigenvalue weighted by Crippen LogP contribution is 2.28. The predicted molar refractivity (Wildman–Crippen MR) is 98.4 cm³/mol. The van der Waals surface area contributed by atoms with Crippen molar-refractivity contribution in [2.45, 2.75) is 17.9 Å². The monoisotopic (exact) mass is 411 g/mol. The third-order valence-electron chi connectivity index (χ3n) is 4.14. The predicted octanol–water partition coefficient (Wildman–Crippen LogP) is 4.08. The van der Waals surface area contributed by atoms with Gasteiger partial charge in [0.1, 0.15) is 12.3 Å². The first kappa shape index (κ1) is 19.3. The summed E-state index contributed by atoms with van der Waals surface area (Å²) in [5.74, 6) is -1.50. The molecule has 2 aromatic carbocycles. The van der Waals surface area contributed by atoms with Gasteiger partial charge >= 0.3 is 5.97 Å². The van der Waals surface area contributed by atoms with Gasteiger partial charge in [0.2, 0.25) is 15.8 Å². The summed E-state index contributed by atoms with van der Waals surface area (Å²) in [5, 5.41) is 9.93. The van der Waals surface area contributed by atoms with Gasteiger partial charge in [-0.25, -0.2) is 22.3 Å². The van der Waals surface area contributed by atoms with Crippen LogP contribution in [-0.2, 0) is 10.0 Å². The zero-order valence-corrected chi connectivity index (χ0v) is 15.6. The molecule has 0 amide bonds. The highest BCUT2D eigenvalue weighted by atomic mass is 35.5. The van der Waals surface area contributed by atoms with Crippen LogP contribution in [0.1, 0.15) is 27.7 Å². The minimum Gasteiger partial charge on any atom is -0.475 e. The topological polar surface area (TPSA) is 96.6 Å². The number of carboxylic acid groups (broad SMARTS) is 1. The Morgan fingerprint density at radius 2 is 1.93 bits per heavy atom. The fourth-order valence-corrected chi connectivity index (χ4v) is 4.07. The van der Waals surface area contributed by atoms with Crippen molar-refractivity contribution >= 4 is 38.6 Å². The van der Waals surface area contributed by atoms with E-state index in [2.05, 4.69) is 4.72 Å². The normalized spacial score (nSPS) is 13.0. The molecule has 1 unspecified atom stereocenters. The first-order chi connectivity index (χ1) is 12.7. The number of hydrogen-bond donors (Lipinski definition) is 2. The van der Waals surface area contributed by atoms with Gasteiger partial charge < -0.3 is 9.52 Å². The number of carbonyl (C=O) groups is 1. The van der Waals surface area contributed by atoms with Crippen molar-refractivity contribution < 1.29 is 27.1 Å². The molecule has 27 heavy (non-hydrogen) atoms. The van der Waals surface area contributed by atoms with Gasteiger partial charge in [-0.1, -0.05) is 23.7 Å². The molecule has 142 valence electrons. The van der Waals surface area contributed by atoms with Crippen LogP contribution < -0.4 is 4.72 Å². The molecule has 0 bridgehead atoms. The smallest absolute Gasteiger partial charge is 0.372 e. The standard InChI is InChI=1S/C18H15ClFNO5S/c1-10-14-8-13(6-7-16(14)26-17(10)18(22)23)27(24,25)21-15(9-20)11-2-4-12(19)5-3-11/h2-8,15,21H,9H2,1H3,(H,22,23). The lowest BCUT2D eigenvalue weighted by Gasteiger charge is -2.16. The van der Waals surface area contributed by atoms with Crippen molar-refractivity contribution in [1.82, 2.24) is 4.72 Å². The third kappa shape index (κ3) is 3.83. The van der Waals surface area contributed by atoms with Crippen molar-refractivity contribution in [2.75, 3.05) is 6.67 Å². The quantitative estimate of drug-likeness (QED) is 0.637. The molecule has 1 aromatic heterocycles. The van der Waals surface area contributed by atoms with E-state index >= 15 is 0 Å². The lowest BCUT2D eigenvalue weighted by molar-refractivity contribution is 0.0664. The number of nitrogens with one attached hydrogen (secondary N) is 1. The van der Waals surface area contributed by atoms with Gasteiger partial charge in [0.25, 0.3) is 0 Å². The van der Waals surface area contributed by atoms with Gasteiger partial charge in [0.05, 0.1) is 10.9 Å². The van der Waals surface area contributed by atoms with Gasteiger partial charge in [-0.2, -0.15) is 0 Å². The summed E-state index contributed by atoms with van der Waals surface area (Å²) in [5.41, 5.74) is 0.997. The fraction of sp³-hybridized carbons (Fsp3) is 0.167. The van der Waals surface area contributed by atoms with Crippen molar-refractivity contribution in [2.24, 2.45) is 0 Å².